The maximum atomic E-state index is 12.6. The molecule has 0 bridgehead atoms. The largest absolute Gasteiger partial charge is 0.390 e. The lowest BCUT2D eigenvalue weighted by molar-refractivity contribution is -0.0191. The van der Waals surface area contributed by atoms with E-state index in [1.807, 2.05) is 0 Å². The van der Waals surface area contributed by atoms with Crippen molar-refractivity contribution in [2.45, 2.75) is 23.5 Å². The zero-order valence-electron chi connectivity index (χ0n) is 10.4. The standard InChI is InChI=1S/C11H13N3O4S2/c15-8-4-5-14(6-9(8)16)20(17,18)10-3-1-2-7-11(10)13-19-12-7/h1-3,8-9,15-16H,4-6H2/t8-,9-/m0/s1. The van der Waals surface area contributed by atoms with Gasteiger partial charge in [-0.3, -0.25) is 0 Å². The van der Waals surface area contributed by atoms with Crippen molar-refractivity contribution in [3.63, 3.8) is 0 Å². The van der Waals surface area contributed by atoms with Crippen molar-refractivity contribution in [1.29, 1.82) is 0 Å². The van der Waals surface area contributed by atoms with Crippen molar-refractivity contribution in [1.82, 2.24) is 13.1 Å². The van der Waals surface area contributed by atoms with E-state index >= 15 is 0 Å². The summed E-state index contributed by atoms with van der Waals surface area (Å²) in [7, 11) is -3.75. The Kier molecular flexibility index (Phi) is 3.46. The maximum absolute atomic E-state index is 12.6. The predicted octanol–water partition coefficient (Wildman–Crippen LogP) is -0.192. The second-order valence-electron chi connectivity index (χ2n) is 4.67. The molecular formula is C11H13N3O4S2. The summed E-state index contributed by atoms with van der Waals surface area (Å²) in [6.07, 6.45) is -1.73. The summed E-state index contributed by atoms with van der Waals surface area (Å²) in [6, 6.07) is 4.80. The lowest BCUT2D eigenvalue weighted by Crippen LogP contribution is -2.48. The number of β-amino-alcohol motifs (C(OH)–C–C–N with tert-alkyl or cyclic N) is 1. The predicted molar refractivity (Wildman–Crippen MR) is 72.8 cm³/mol. The molecule has 2 heterocycles. The number of rotatable bonds is 2. The van der Waals surface area contributed by atoms with E-state index in [0.29, 0.717) is 11.0 Å². The lowest BCUT2D eigenvalue weighted by atomic mass is 10.1. The average molecular weight is 315 g/mol. The molecule has 1 aliphatic rings. The van der Waals surface area contributed by atoms with Gasteiger partial charge in [0.2, 0.25) is 10.0 Å². The molecule has 7 nitrogen and oxygen atoms in total. The Balaban J connectivity index is 2.02. The summed E-state index contributed by atoms with van der Waals surface area (Å²) in [5.41, 5.74) is 0.881. The summed E-state index contributed by atoms with van der Waals surface area (Å²) < 4.78 is 34.5. The second kappa shape index (κ2) is 5.01. The van der Waals surface area contributed by atoms with Crippen LogP contribution in [0.1, 0.15) is 6.42 Å². The van der Waals surface area contributed by atoms with Gasteiger partial charge in [-0.15, -0.1) is 0 Å². The lowest BCUT2D eigenvalue weighted by Gasteiger charge is -2.32. The number of hydrogen-bond acceptors (Lipinski definition) is 7. The maximum Gasteiger partial charge on any atom is 0.245 e. The average Bonchev–Trinajstić information content (AvgIpc) is 2.89. The molecule has 0 saturated carbocycles. The van der Waals surface area contributed by atoms with Gasteiger partial charge in [0.15, 0.2) is 0 Å². The van der Waals surface area contributed by atoms with Crippen molar-refractivity contribution in [3.8, 4) is 0 Å². The van der Waals surface area contributed by atoms with Crippen LogP contribution in [0.15, 0.2) is 23.1 Å². The molecule has 2 N–H and O–H groups in total. The van der Waals surface area contributed by atoms with E-state index in [2.05, 4.69) is 8.75 Å². The number of benzene rings is 1. The molecule has 2 aromatic rings. The molecule has 1 aromatic heterocycles. The summed E-state index contributed by atoms with van der Waals surface area (Å²) in [4.78, 5) is 0.0901. The Morgan fingerprint density at radius 3 is 2.80 bits per heavy atom. The highest BCUT2D eigenvalue weighted by atomic mass is 32.2. The van der Waals surface area contributed by atoms with Crippen molar-refractivity contribution >= 4 is 32.8 Å². The molecule has 3 rings (SSSR count). The minimum atomic E-state index is -3.75. The van der Waals surface area contributed by atoms with Gasteiger partial charge in [0.1, 0.15) is 15.9 Å². The summed E-state index contributed by atoms with van der Waals surface area (Å²) >= 11 is 0.958. The minimum Gasteiger partial charge on any atom is -0.390 e. The van der Waals surface area contributed by atoms with Crippen LogP contribution in [-0.4, -0.2) is 57.0 Å². The van der Waals surface area contributed by atoms with Crippen LogP contribution in [0.3, 0.4) is 0 Å². The fraction of sp³-hybridized carbons (Fsp3) is 0.455. The van der Waals surface area contributed by atoms with Crippen LogP contribution in [0, 0.1) is 0 Å². The first-order chi connectivity index (χ1) is 9.50. The van der Waals surface area contributed by atoms with Crippen molar-refractivity contribution < 1.29 is 18.6 Å². The number of nitrogens with zero attached hydrogens (tertiary/aromatic N) is 3. The van der Waals surface area contributed by atoms with Gasteiger partial charge in [-0.25, -0.2) is 8.42 Å². The number of piperidine rings is 1. The fourth-order valence-corrected chi connectivity index (χ4v) is 4.46. The molecule has 9 heteroatoms. The smallest absolute Gasteiger partial charge is 0.245 e. The third-order valence-corrected chi connectivity index (χ3v) is 5.82. The van der Waals surface area contributed by atoms with Crippen LogP contribution >= 0.6 is 11.7 Å². The Labute approximate surface area is 119 Å². The van der Waals surface area contributed by atoms with E-state index in [1.165, 1.54) is 10.4 Å². The van der Waals surface area contributed by atoms with Crippen molar-refractivity contribution in [3.05, 3.63) is 18.2 Å². The van der Waals surface area contributed by atoms with E-state index in [-0.39, 0.29) is 24.4 Å². The Morgan fingerprint density at radius 2 is 2.05 bits per heavy atom. The Morgan fingerprint density at radius 1 is 1.25 bits per heavy atom. The quantitative estimate of drug-likeness (QED) is 0.796. The zero-order chi connectivity index (χ0) is 14.3. The first kappa shape index (κ1) is 13.8. The third kappa shape index (κ3) is 2.21. The molecule has 1 saturated heterocycles. The van der Waals surface area contributed by atoms with Gasteiger partial charge in [-0.05, 0) is 18.6 Å². The first-order valence-electron chi connectivity index (χ1n) is 6.08. The molecule has 0 spiro atoms. The molecule has 1 fully saturated rings. The van der Waals surface area contributed by atoms with Crippen molar-refractivity contribution in [2.75, 3.05) is 13.1 Å². The van der Waals surface area contributed by atoms with Crippen LogP contribution in [-0.2, 0) is 10.0 Å². The zero-order valence-corrected chi connectivity index (χ0v) is 12.0. The van der Waals surface area contributed by atoms with Gasteiger partial charge in [-0.2, -0.15) is 13.1 Å². The van der Waals surface area contributed by atoms with Crippen LogP contribution in [0.5, 0.6) is 0 Å². The van der Waals surface area contributed by atoms with E-state index in [0.717, 1.165) is 11.7 Å². The summed E-state index contributed by atoms with van der Waals surface area (Å²) in [5, 5.41) is 19.1. The molecule has 0 unspecified atom stereocenters. The molecular weight excluding hydrogens is 302 g/mol. The third-order valence-electron chi connectivity index (χ3n) is 3.38. The van der Waals surface area contributed by atoms with Gasteiger partial charge in [0.25, 0.3) is 0 Å². The van der Waals surface area contributed by atoms with Crippen LogP contribution in [0.4, 0.5) is 0 Å². The second-order valence-corrected chi connectivity index (χ2v) is 7.11. The number of sulfonamides is 1. The molecule has 0 radical (unpaired) electrons. The fourth-order valence-electron chi connectivity index (χ4n) is 2.24. The molecule has 2 atom stereocenters. The highest BCUT2D eigenvalue weighted by Gasteiger charge is 2.35. The minimum absolute atomic E-state index is 0.0901. The molecule has 108 valence electrons. The monoisotopic (exact) mass is 315 g/mol. The number of aliphatic hydroxyl groups is 2. The molecule has 1 aliphatic heterocycles. The molecule has 0 aliphatic carbocycles. The number of aliphatic hydroxyl groups excluding tert-OH is 2. The van der Waals surface area contributed by atoms with Gasteiger partial charge in [0.05, 0.1) is 23.9 Å². The Hall–Kier alpha value is -1.13. The number of fused-ring (bicyclic) bond motifs is 1. The van der Waals surface area contributed by atoms with Gasteiger partial charge in [0, 0.05) is 13.1 Å². The van der Waals surface area contributed by atoms with Gasteiger partial charge < -0.3 is 10.2 Å². The molecule has 0 amide bonds. The normalized spacial score (nSPS) is 25.1. The van der Waals surface area contributed by atoms with Crippen LogP contribution in [0.2, 0.25) is 0 Å². The summed E-state index contributed by atoms with van der Waals surface area (Å²) in [6.45, 7) is 0.0615. The Bertz CT molecular complexity index is 730. The number of hydrogen-bond donors (Lipinski definition) is 2. The number of aromatic nitrogens is 2. The van der Waals surface area contributed by atoms with Gasteiger partial charge in [-0.1, -0.05) is 6.07 Å². The van der Waals surface area contributed by atoms with E-state index in [1.54, 1.807) is 12.1 Å². The van der Waals surface area contributed by atoms with Crippen molar-refractivity contribution in [2.24, 2.45) is 0 Å². The molecule has 1 aromatic carbocycles. The first-order valence-corrected chi connectivity index (χ1v) is 8.25. The SMILES string of the molecule is O=S(=O)(c1cccc2nsnc12)N1CC[C@H](O)[C@@H](O)C1. The van der Waals surface area contributed by atoms with E-state index in [9.17, 15) is 18.6 Å². The highest BCUT2D eigenvalue weighted by molar-refractivity contribution is 7.89. The van der Waals surface area contributed by atoms with E-state index < -0.39 is 22.2 Å². The molecule has 20 heavy (non-hydrogen) atoms. The van der Waals surface area contributed by atoms with E-state index in [4.69, 9.17) is 0 Å². The summed E-state index contributed by atoms with van der Waals surface area (Å²) in [5.74, 6) is 0. The highest BCUT2D eigenvalue weighted by Crippen LogP contribution is 2.26. The van der Waals surface area contributed by atoms with Crippen LogP contribution in [0.25, 0.3) is 11.0 Å². The van der Waals surface area contributed by atoms with Gasteiger partial charge >= 0.3 is 0 Å². The topological polar surface area (TPSA) is 104 Å². The van der Waals surface area contributed by atoms with Crippen LogP contribution < -0.4 is 0 Å².